The van der Waals surface area contributed by atoms with Gasteiger partial charge in [-0.25, -0.2) is 0 Å². The fourth-order valence-electron chi connectivity index (χ4n) is 3.44. The Morgan fingerprint density at radius 1 is 1.41 bits per heavy atom. The van der Waals surface area contributed by atoms with Gasteiger partial charge in [-0.3, -0.25) is 4.79 Å². The van der Waals surface area contributed by atoms with E-state index in [0.29, 0.717) is 12.3 Å². The maximum absolute atomic E-state index is 12.8. The van der Waals surface area contributed by atoms with Crippen molar-refractivity contribution in [1.82, 2.24) is 14.8 Å². The number of hydrogen-bond acceptors (Lipinski definition) is 8. The number of carbonyl (C=O) groups is 1. The number of Topliss-reactive ketones (excluding diaryl/α,β-unsaturated/α-hetero) is 1. The maximum Gasteiger partial charge on any atom is 0.206 e. The maximum atomic E-state index is 12.8. The second-order valence-electron chi connectivity index (χ2n) is 7.05. The van der Waals surface area contributed by atoms with Gasteiger partial charge in [-0.05, 0) is 44.9 Å². The number of ether oxygens (including phenoxy) is 1. The fourth-order valence-corrected chi connectivity index (χ4v) is 5.08. The van der Waals surface area contributed by atoms with Crippen molar-refractivity contribution in [2.75, 3.05) is 24.2 Å². The lowest BCUT2D eigenvalue weighted by atomic mass is 10.2. The van der Waals surface area contributed by atoms with Gasteiger partial charge in [0.1, 0.15) is 5.76 Å². The zero-order chi connectivity index (χ0) is 20.2. The third-order valence-corrected chi connectivity index (χ3v) is 7.02. The van der Waals surface area contributed by atoms with Crippen molar-refractivity contribution in [3.63, 3.8) is 0 Å². The largest absolute Gasteiger partial charge is 0.467 e. The van der Waals surface area contributed by atoms with Gasteiger partial charge in [0.2, 0.25) is 5.13 Å². The molecule has 7 nitrogen and oxygen atoms in total. The standard InChI is InChI=1S/C20H24N4O3S2/c1-13-9-17(14(2)24(13)11-16-6-4-8-27-16)18(25)12-28-20-23-22-19(29-20)21-10-15-5-3-7-26-15/h4,6,8-9,15H,3,5,7,10-12H2,1-2H3,(H,21,22). The molecule has 4 rings (SSSR count). The minimum absolute atomic E-state index is 0.0952. The Morgan fingerprint density at radius 3 is 3.07 bits per heavy atom. The van der Waals surface area contributed by atoms with Crippen LogP contribution in [0.2, 0.25) is 0 Å². The van der Waals surface area contributed by atoms with Crippen molar-refractivity contribution in [2.45, 2.75) is 43.7 Å². The number of aryl methyl sites for hydroxylation is 1. The van der Waals surface area contributed by atoms with Crippen molar-refractivity contribution < 1.29 is 13.9 Å². The number of hydrogen-bond donors (Lipinski definition) is 1. The molecular formula is C20H24N4O3S2. The molecule has 0 saturated carbocycles. The smallest absolute Gasteiger partial charge is 0.206 e. The first-order valence-electron chi connectivity index (χ1n) is 9.64. The van der Waals surface area contributed by atoms with E-state index in [1.807, 2.05) is 32.0 Å². The second-order valence-corrected chi connectivity index (χ2v) is 9.25. The molecule has 9 heteroatoms. The summed E-state index contributed by atoms with van der Waals surface area (Å²) >= 11 is 2.90. The number of rotatable bonds is 9. The summed E-state index contributed by atoms with van der Waals surface area (Å²) in [6.07, 6.45) is 4.12. The summed E-state index contributed by atoms with van der Waals surface area (Å²) in [5.41, 5.74) is 2.76. The van der Waals surface area contributed by atoms with Crippen LogP contribution in [0.4, 0.5) is 5.13 Å². The van der Waals surface area contributed by atoms with Gasteiger partial charge >= 0.3 is 0 Å². The van der Waals surface area contributed by atoms with E-state index in [4.69, 9.17) is 9.15 Å². The third kappa shape index (κ3) is 4.91. The van der Waals surface area contributed by atoms with Gasteiger partial charge in [-0.2, -0.15) is 0 Å². The number of furan rings is 1. The number of thioether (sulfide) groups is 1. The molecule has 1 atom stereocenters. The predicted molar refractivity (Wildman–Crippen MR) is 114 cm³/mol. The van der Waals surface area contributed by atoms with Gasteiger partial charge < -0.3 is 19.0 Å². The summed E-state index contributed by atoms with van der Waals surface area (Å²) in [5, 5.41) is 12.4. The molecule has 0 amide bonds. The van der Waals surface area contributed by atoms with E-state index < -0.39 is 0 Å². The van der Waals surface area contributed by atoms with E-state index in [-0.39, 0.29) is 11.9 Å². The molecule has 0 bridgehead atoms. The van der Waals surface area contributed by atoms with Crippen LogP contribution in [-0.2, 0) is 11.3 Å². The number of aromatic nitrogens is 3. The van der Waals surface area contributed by atoms with E-state index in [2.05, 4.69) is 20.1 Å². The molecule has 0 aliphatic carbocycles. The lowest BCUT2D eigenvalue weighted by Crippen LogP contribution is -2.18. The number of ketones is 1. The van der Waals surface area contributed by atoms with E-state index >= 15 is 0 Å². The minimum Gasteiger partial charge on any atom is -0.467 e. The van der Waals surface area contributed by atoms with Crippen LogP contribution in [-0.4, -0.2) is 45.6 Å². The van der Waals surface area contributed by atoms with Crippen LogP contribution in [0.3, 0.4) is 0 Å². The zero-order valence-electron chi connectivity index (χ0n) is 16.5. The molecule has 1 unspecified atom stereocenters. The topological polar surface area (TPSA) is 82.2 Å². The fraction of sp³-hybridized carbons (Fsp3) is 0.450. The number of carbonyl (C=O) groups excluding carboxylic acids is 1. The van der Waals surface area contributed by atoms with Gasteiger partial charge in [0.15, 0.2) is 10.1 Å². The molecule has 1 N–H and O–H groups in total. The van der Waals surface area contributed by atoms with Crippen molar-refractivity contribution in [3.8, 4) is 0 Å². The molecule has 1 aliphatic heterocycles. The molecule has 1 fully saturated rings. The van der Waals surface area contributed by atoms with E-state index in [0.717, 1.165) is 58.2 Å². The Labute approximate surface area is 177 Å². The van der Waals surface area contributed by atoms with Crippen LogP contribution in [0.15, 0.2) is 33.2 Å². The molecule has 0 aromatic carbocycles. The predicted octanol–water partition coefficient (Wildman–Crippen LogP) is 4.16. The number of nitrogens with one attached hydrogen (secondary N) is 1. The average Bonchev–Trinajstić information content (AvgIpc) is 3.50. The Balaban J connectivity index is 1.33. The highest BCUT2D eigenvalue weighted by Crippen LogP contribution is 2.27. The van der Waals surface area contributed by atoms with Crippen LogP contribution in [0.5, 0.6) is 0 Å². The Bertz CT molecular complexity index is 959. The van der Waals surface area contributed by atoms with Gasteiger partial charge in [0, 0.05) is 30.1 Å². The Morgan fingerprint density at radius 2 is 2.31 bits per heavy atom. The van der Waals surface area contributed by atoms with E-state index in [1.165, 1.54) is 23.1 Å². The number of anilines is 1. The van der Waals surface area contributed by atoms with E-state index in [9.17, 15) is 4.79 Å². The van der Waals surface area contributed by atoms with Crippen LogP contribution in [0, 0.1) is 13.8 Å². The van der Waals surface area contributed by atoms with Crippen molar-refractivity contribution in [3.05, 3.63) is 47.2 Å². The monoisotopic (exact) mass is 432 g/mol. The summed E-state index contributed by atoms with van der Waals surface area (Å²) in [6, 6.07) is 5.77. The first kappa shape index (κ1) is 20.2. The van der Waals surface area contributed by atoms with E-state index in [1.54, 1.807) is 6.26 Å². The van der Waals surface area contributed by atoms with Gasteiger partial charge in [-0.1, -0.05) is 23.1 Å². The van der Waals surface area contributed by atoms with Gasteiger partial charge in [0.25, 0.3) is 0 Å². The molecule has 0 radical (unpaired) electrons. The third-order valence-electron chi connectivity index (χ3n) is 5.01. The first-order valence-corrected chi connectivity index (χ1v) is 11.4. The molecule has 1 saturated heterocycles. The van der Waals surface area contributed by atoms with Crippen LogP contribution in [0.25, 0.3) is 0 Å². The van der Waals surface area contributed by atoms with Gasteiger partial charge in [0.05, 0.1) is 24.7 Å². The number of nitrogens with zero attached hydrogens (tertiary/aromatic N) is 3. The Kier molecular flexibility index (Phi) is 6.37. The summed E-state index contributed by atoms with van der Waals surface area (Å²) in [7, 11) is 0. The average molecular weight is 433 g/mol. The SMILES string of the molecule is Cc1cc(C(=O)CSc2nnc(NCC3CCCO3)s2)c(C)n1Cc1ccco1. The summed E-state index contributed by atoms with van der Waals surface area (Å²) in [6.45, 7) is 6.21. The highest BCUT2D eigenvalue weighted by atomic mass is 32.2. The normalized spacial score (nSPS) is 16.4. The first-order chi connectivity index (χ1) is 14.1. The van der Waals surface area contributed by atoms with Crippen LogP contribution in [0.1, 0.15) is 40.3 Å². The molecule has 3 aromatic rings. The molecule has 1 aliphatic rings. The quantitative estimate of drug-likeness (QED) is 0.401. The summed E-state index contributed by atoms with van der Waals surface area (Å²) < 4.78 is 13.9. The van der Waals surface area contributed by atoms with Crippen molar-refractivity contribution in [1.29, 1.82) is 0 Å². The lowest BCUT2D eigenvalue weighted by molar-refractivity contribution is 0.102. The molecule has 0 spiro atoms. The second kappa shape index (κ2) is 9.15. The van der Waals surface area contributed by atoms with Crippen LogP contribution >= 0.6 is 23.1 Å². The lowest BCUT2D eigenvalue weighted by Gasteiger charge is -2.08. The molecule has 29 heavy (non-hydrogen) atoms. The Hall–Kier alpha value is -2.10. The molecule has 3 aromatic heterocycles. The van der Waals surface area contributed by atoms with Crippen molar-refractivity contribution in [2.24, 2.45) is 0 Å². The van der Waals surface area contributed by atoms with Crippen molar-refractivity contribution >= 4 is 34.0 Å². The van der Waals surface area contributed by atoms with Crippen LogP contribution < -0.4 is 5.32 Å². The van der Waals surface area contributed by atoms with Gasteiger partial charge in [-0.15, -0.1) is 10.2 Å². The molecular weight excluding hydrogens is 408 g/mol. The zero-order valence-corrected chi connectivity index (χ0v) is 18.1. The highest BCUT2D eigenvalue weighted by molar-refractivity contribution is 8.01. The summed E-state index contributed by atoms with van der Waals surface area (Å²) in [5.74, 6) is 1.31. The molecule has 154 valence electrons. The minimum atomic E-state index is 0.0952. The molecule has 4 heterocycles. The highest BCUT2D eigenvalue weighted by Gasteiger charge is 2.18. The summed E-state index contributed by atoms with van der Waals surface area (Å²) in [4.78, 5) is 12.8.